The van der Waals surface area contributed by atoms with Crippen LogP contribution in [0.5, 0.6) is 0 Å². The van der Waals surface area contributed by atoms with Crippen molar-refractivity contribution in [1.82, 2.24) is 0 Å². The Morgan fingerprint density at radius 3 is 1.44 bits per heavy atom. The van der Waals surface area contributed by atoms with Crippen molar-refractivity contribution in [2.24, 2.45) is 0 Å². The molecule has 0 aromatic rings. The van der Waals surface area contributed by atoms with Crippen molar-refractivity contribution in [1.29, 1.82) is 0 Å². The minimum Gasteiger partial charge on any atom is -0.147 e. The largest absolute Gasteiger partial charge is 0.147 e. The van der Waals surface area contributed by atoms with E-state index in [0.717, 1.165) is 0 Å². The molecule has 0 fully saturated rings. The van der Waals surface area contributed by atoms with Gasteiger partial charge in [0.15, 0.2) is 0 Å². The summed E-state index contributed by atoms with van der Waals surface area (Å²) >= 11 is -2.71. The fraction of sp³-hybridized carbons (Fsp3) is 0.429. The van der Waals surface area contributed by atoms with Gasteiger partial charge < -0.3 is 0 Å². The van der Waals surface area contributed by atoms with Gasteiger partial charge >= 0.3 is 102 Å². The standard InChI is InChI=1S/2C6H7.2CH3.2ClH.H2Si.Zr/c2*1-6-4-2-3-5-6;;;;;;/h2*4-5H,2H2,1H3;2*1H3;2*1H;1H2;. The maximum absolute atomic E-state index is 2.71. The van der Waals surface area contributed by atoms with Crippen molar-refractivity contribution in [2.75, 3.05) is 0 Å². The van der Waals surface area contributed by atoms with Crippen molar-refractivity contribution in [2.45, 2.75) is 36.0 Å². The van der Waals surface area contributed by atoms with E-state index in [4.69, 9.17) is 0 Å². The van der Waals surface area contributed by atoms with Gasteiger partial charge in [-0.1, -0.05) is 0 Å². The molecule has 102 valence electrons. The number of rotatable bonds is 2. The topological polar surface area (TPSA) is 0 Å². The molecule has 0 unspecified atom stereocenters. The third-order valence-electron chi connectivity index (χ3n) is 4.15. The molecule has 0 aliphatic heterocycles. The molecule has 0 aromatic heterocycles. The predicted octanol–water partition coefficient (Wildman–Crippen LogP) is 4.63. The normalized spacial score (nSPS) is 19.2. The maximum atomic E-state index is 2.59. The van der Waals surface area contributed by atoms with Gasteiger partial charge in [-0.15, -0.1) is 24.8 Å². The Balaban J connectivity index is 0.00000144. The summed E-state index contributed by atoms with van der Waals surface area (Å²) in [6.07, 6.45) is 12.1. The van der Waals surface area contributed by atoms with E-state index in [0.29, 0.717) is 0 Å². The van der Waals surface area contributed by atoms with E-state index in [1.165, 1.54) is 24.0 Å². The molecule has 0 nitrogen and oxygen atoms in total. The summed E-state index contributed by atoms with van der Waals surface area (Å²) in [6.45, 7) is 6.80. The maximum Gasteiger partial charge on any atom is -0.147 e. The van der Waals surface area contributed by atoms with Crippen molar-refractivity contribution in [3.63, 3.8) is 0 Å². The molecular formula is C14H24Cl2SiZr. The molecule has 0 aromatic carbocycles. The molecule has 0 N–H and O–H groups in total. The molecule has 0 spiro atoms. The van der Waals surface area contributed by atoms with Crippen molar-refractivity contribution >= 4 is 31.7 Å². The quantitative estimate of drug-likeness (QED) is 0.611. The van der Waals surface area contributed by atoms with E-state index in [1.54, 1.807) is 6.56 Å². The summed E-state index contributed by atoms with van der Waals surface area (Å²) in [4.78, 5) is 0. The first kappa shape index (κ1) is 18.6. The second kappa shape index (κ2) is 5.95. The monoisotopic (exact) mass is 380 g/mol. The van der Waals surface area contributed by atoms with E-state index in [9.17, 15) is 0 Å². The zero-order valence-corrected chi connectivity index (χ0v) is 17.3. The molecule has 2 aliphatic carbocycles. The van der Waals surface area contributed by atoms with Gasteiger partial charge in [0.2, 0.25) is 0 Å². The smallest absolute Gasteiger partial charge is 0.147 e. The zero-order valence-electron chi connectivity index (χ0n) is 11.7. The minimum atomic E-state index is -2.71. The average Bonchev–Trinajstić information content (AvgIpc) is 2.73. The van der Waals surface area contributed by atoms with E-state index in [2.05, 4.69) is 54.3 Å². The van der Waals surface area contributed by atoms with Crippen molar-refractivity contribution in [3.8, 4) is 0 Å². The van der Waals surface area contributed by atoms with Gasteiger partial charge in [0.05, 0.1) is 0 Å². The Labute approximate surface area is 126 Å². The van der Waals surface area contributed by atoms with Gasteiger partial charge in [-0.25, -0.2) is 0 Å². The number of allylic oxidation sites excluding steroid dienone is 8. The molecule has 0 amide bonds. The van der Waals surface area contributed by atoms with Crippen LogP contribution >= 0.6 is 24.8 Å². The molecule has 0 radical (unpaired) electrons. The average molecular weight is 383 g/mol. The van der Waals surface area contributed by atoms with Crippen LogP contribution in [0.15, 0.2) is 42.0 Å². The molecule has 0 saturated carbocycles. The molecule has 0 bridgehead atoms. The SMILES string of the molecule is CC1=CC[C]([Zr]([CH3])([CH3])(=[SiH2])[C]2=CC(C)=CC2)=C1.Cl.Cl. The van der Waals surface area contributed by atoms with Gasteiger partial charge in [0, 0.05) is 0 Å². The van der Waals surface area contributed by atoms with E-state index >= 15 is 0 Å². The third kappa shape index (κ3) is 3.39. The Morgan fingerprint density at radius 1 is 0.889 bits per heavy atom. The Morgan fingerprint density at radius 2 is 1.22 bits per heavy atom. The molecule has 0 atom stereocenters. The van der Waals surface area contributed by atoms with Crippen LogP contribution in [0.4, 0.5) is 0 Å². The van der Waals surface area contributed by atoms with Crippen LogP contribution < -0.4 is 0 Å². The Hall–Kier alpha value is 0.640. The minimum absolute atomic E-state index is 0. The molecule has 18 heavy (non-hydrogen) atoms. The van der Waals surface area contributed by atoms with Gasteiger partial charge in [0.25, 0.3) is 0 Å². The molecular weight excluding hydrogens is 358 g/mol. The van der Waals surface area contributed by atoms with Crippen molar-refractivity contribution in [3.05, 3.63) is 42.0 Å². The summed E-state index contributed by atoms with van der Waals surface area (Å²) in [5, 5.41) is 0. The van der Waals surface area contributed by atoms with Crippen LogP contribution in [0.2, 0.25) is 9.26 Å². The number of halogens is 2. The van der Waals surface area contributed by atoms with E-state index < -0.39 is 17.4 Å². The first-order valence-electron chi connectivity index (χ1n) is 6.11. The molecule has 2 rings (SSSR count). The third-order valence-corrected chi connectivity index (χ3v) is 21.4. The second-order valence-corrected chi connectivity index (χ2v) is 35.2. The van der Waals surface area contributed by atoms with Gasteiger partial charge in [-0.3, -0.25) is 0 Å². The molecule has 4 heteroatoms. The van der Waals surface area contributed by atoms with E-state index in [1.807, 2.05) is 0 Å². The number of hydrogen-bond acceptors (Lipinski definition) is 0. The zero-order chi connectivity index (χ0) is 12.0. The number of hydrogen-bond donors (Lipinski definition) is 0. The Bertz CT molecular complexity index is 488. The second-order valence-electron chi connectivity index (χ2n) is 6.33. The summed E-state index contributed by atoms with van der Waals surface area (Å²) in [5.74, 6) is 0. The summed E-state index contributed by atoms with van der Waals surface area (Å²) in [6, 6.07) is 0. The molecule has 2 aliphatic rings. The van der Waals surface area contributed by atoms with Crippen molar-refractivity contribution < 1.29 is 17.4 Å². The fourth-order valence-corrected chi connectivity index (χ4v) is 13.7. The van der Waals surface area contributed by atoms with Crippen LogP contribution in [0.1, 0.15) is 26.7 Å². The first-order valence-corrected chi connectivity index (χ1v) is 19.4. The first-order chi connectivity index (χ1) is 7.28. The van der Waals surface area contributed by atoms with Gasteiger partial charge in [-0.05, 0) is 0 Å². The van der Waals surface area contributed by atoms with Crippen LogP contribution in [0.3, 0.4) is 0 Å². The summed E-state index contributed by atoms with van der Waals surface area (Å²) in [7, 11) is 0. The molecule has 0 heterocycles. The fourth-order valence-electron chi connectivity index (χ4n) is 2.65. The predicted molar refractivity (Wildman–Crippen MR) is 87.7 cm³/mol. The van der Waals surface area contributed by atoms with Crippen LogP contribution in [-0.4, -0.2) is 6.88 Å². The van der Waals surface area contributed by atoms with E-state index in [-0.39, 0.29) is 24.8 Å². The summed E-state index contributed by atoms with van der Waals surface area (Å²) in [5.41, 5.74) is 2.93. The van der Waals surface area contributed by atoms with Crippen LogP contribution in [0.25, 0.3) is 0 Å². The van der Waals surface area contributed by atoms with Gasteiger partial charge in [-0.2, -0.15) is 0 Å². The van der Waals surface area contributed by atoms with Gasteiger partial charge in [0.1, 0.15) is 0 Å². The molecule has 0 saturated heterocycles. The summed E-state index contributed by atoms with van der Waals surface area (Å²) < 4.78 is 8.73. The van der Waals surface area contributed by atoms with Crippen LogP contribution in [0, 0.1) is 0 Å². The van der Waals surface area contributed by atoms with Crippen LogP contribution in [-0.2, 0) is 17.4 Å². The Kier molecular flexibility index (Phi) is 6.17.